The van der Waals surface area contributed by atoms with E-state index in [0.717, 1.165) is 24.2 Å². The zero-order chi connectivity index (χ0) is 13.0. The van der Waals surface area contributed by atoms with E-state index in [1.54, 1.807) is 5.38 Å². The van der Waals surface area contributed by atoms with Gasteiger partial charge in [-0.1, -0.05) is 0 Å². The highest BCUT2D eigenvalue weighted by Crippen LogP contribution is 2.18. The van der Waals surface area contributed by atoms with Gasteiger partial charge in [0, 0.05) is 30.9 Å². The van der Waals surface area contributed by atoms with E-state index < -0.39 is 5.97 Å². The summed E-state index contributed by atoms with van der Waals surface area (Å²) in [6.45, 7) is 1.05. The minimum Gasteiger partial charge on any atom is -0.476 e. The maximum absolute atomic E-state index is 11.4. The lowest BCUT2D eigenvalue weighted by Gasteiger charge is -2.03. The van der Waals surface area contributed by atoms with Crippen LogP contribution in [-0.4, -0.2) is 34.6 Å². The van der Waals surface area contributed by atoms with Crippen LogP contribution in [0.4, 0.5) is 0 Å². The first-order valence-electron chi connectivity index (χ1n) is 5.83. The highest BCUT2D eigenvalue weighted by atomic mass is 32.1. The van der Waals surface area contributed by atoms with Crippen molar-refractivity contribution in [3.63, 3.8) is 0 Å². The first-order valence-corrected chi connectivity index (χ1v) is 6.71. The molecule has 0 saturated heterocycles. The van der Waals surface area contributed by atoms with E-state index in [2.05, 4.69) is 15.6 Å². The number of nitrogens with one attached hydrogen (secondary N) is 2. The molecule has 1 aromatic rings. The van der Waals surface area contributed by atoms with Gasteiger partial charge < -0.3 is 15.7 Å². The molecule has 0 aromatic carbocycles. The van der Waals surface area contributed by atoms with Crippen LogP contribution in [0.5, 0.6) is 0 Å². The average molecular weight is 269 g/mol. The van der Waals surface area contributed by atoms with Crippen molar-refractivity contribution in [2.75, 3.05) is 6.54 Å². The number of carbonyl (C=O) groups excluding carboxylic acids is 1. The van der Waals surface area contributed by atoms with Gasteiger partial charge in [-0.2, -0.15) is 0 Å². The molecule has 1 aromatic heterocycles. The van der Waals surface area contributed by atoms with Crippen molar-refractivity contribution >= 4 is 23.2 Å². The van der Waals surface area contributed by atoms with E-state index in [-0.39, 0.29) is 10.9 Å². The summed E-state index contributed by atoms with van der Waals surface area (Å²) in [5.41, 5.74) is 0.694. The predicted octanol–water partition coefficient (Wildman–Crippen LogP) is 0.600. The van der Waals surface area contributed by atoms with Gasteiger partial charge in [0.1, 0.15) is 0 Å². The van der Waals surface area contributed by atoms with Crippen molar-refractivity contribution in [2.45, 2.75) is 31.8 Å². The number of aromatic carboxylic acids is 1. The summed E-state index contributed by atoms with van der Waals surface area (Å²) in [6.07, 6.45) is 2.62. The molecule has 1 fully saturated rings. The van der Waals surface area contributed by atoms with E-state index in [1.165, 1.54) is 0 Å². The Kier molecular flexibility index (Phi) is 4.27. The first-order chi connectivity index (χ1) is 8.65. The van der Waals surface area contributed by atoms with Crippen LogP contribution < -0.4 is 10.6 Å². The molecule has 0 aliphatic heterocycles. The van der Waals surface area contributed by atoms with Gasteiger partial charge in [0.2, 0.25) is 10.9 Å². The van der Waals surface area contributed by atoms with Gasteiger partial charge in [-0.15, -0.1) is 11.3 Å². The number of carboxylic acid groups (broad SMARTS) is 1. The summed E-state index contributed by atoms with van der Waals surface area (Å²) in [7, 11) is 0. The molecule has 0 bridgehead atoms. The SMILES string of the molecule is O=C(CCNCc1csc(C(=O)O)n1)NC1CC1. The Morgan fingerprint density at radius 3 is 2.89 bits per heavy atom. The second kappa shape index (κ2) is 5.92. The molecule has 1 aliphatic carbocycles. The van der Waals surface area contributed by atoms with Crippen molar-refractivity contribution in [3.8, 4) is 0 Å². The van der Waals surface area contributed by atoms with Crippen LogP contribution in [0, 0.1) is 0 Å². The standard InChI is InChI=1S/C11H15N3O3S/c15-9(13-7-1-2-7)3-4-12-5-8-6-18-10(14-8)11(16)17/h6-7,12H,1-5H2,(H,13,15)(H,16,17). The lowest BCUT2D eigenvalue weighted by atomic mass is 10.3. The Hall–Kier alpha value is -1.47. The van der Waals surface area contributed by atoms with Gasteiger partial charge in [0.15, 0.2) is 0 Å². The Morgan fingerprint density at radius 1 is 1.50 bits per heavy atom. The van der Waals surface area contributed by atoms with E-state index in [9.17, 15) is 9.59 Å². The number of carbonyl (C=O) groups is 2. The molecule has 6 nitrogen and oxygen atoms in total. The van der Waals surface area contributed by atoms with Gasteiger partial charge >= 0.3 is 5.97 Å². The molecule has 98 valence electrons. The zero-order valence-electron chi connectivity index (χ0n) is 9.81. The topological polar surface area (TPSA) is 91.3 Å². The molecule has 1 amide bonds. The number of rotatable bonds is 7. The molecule has 1 aliphatic rings. The predicted molar refractivity (Wildman–Crippen MR) is 66.6 cm³/mol. The molecular formula is C11H15N3O3S. The Bertz CT molecular complexity index is 442. The number of hydrogen-bond acceptors (Lipinski definition) is 5. The van der Waals surface area contributed by atoms with Crippen LogP contribution in [0.2, 0.25) is 0 Å². The number of thiazole rings is 1. The number of aromatic nitrogens is 1. The quantitative estimate of drug-likeness (QED) is 0.630. The lowest BCUT2D eigenvalue weighted by molar-refractivity contribution is -0.121. The van der Waals surface area contributed by atoms with Gasteiger partial charge in [0.05, 0.1) is 5.69 Å². The summed E-state index contributed by atoms with van der Waals surface area (Å²) in [5, 5.41) is 16.5. The third kappa shape index (κ3) is 4.08. The summed E-state index contributed by atoms with van der Waals surface area (Å²) in [5.74, 6) is -0.940. The monoisotopic (exact) mass is 269 g/mol. The van der Waals surface area contributed by atoms with Gasteiger partial charge in [-0.25, -0.2) is 9.78 Å². The van der Waals surface area contributed by atoms with Gasteiger partial charge in [0.25, 0.3) is 0 Å². The third-order valence-corrected chi connectivity index (χ3v) is 3.39. The maximum atomic E-state index is 11.4. The van der Waals surface area contributed by atoms with Crippen LogP contribution in [0.15, 0.2) is 5.38 Å². The number of carboxylic acids is 1. The molecule has 18 heavy (non-hydrogen) atoms. The van der Waals surface area contributed by atoms with Crippen LogP contribution in [0.3, 0.4) is 0 Å². The molecule has 7 heteroatoms. The molecule has 0 atom stereocenters. The van der Waals surface area contributed by atoms with E-state index >= 15 is 0 Å². The fraction of sp³-hybridized carbons (Fsp3) is 0.545. The molecule has 1 saturated carbocycles. The Labute approximate surface area is 108 Å². The summed E-state index contributed by atoms with van der Waals surface area (Å²) in [6, 6.07) is 0.397. The van der Waals surface area contributed by atoms with Gasteiger partial charge in [-0.3, -0.25) is 4.79 Å². The van der Waals surface area contributed by atoms with E-state index in [4.69, 9.17) is 5.11 Å². The molecule has 3 N–H and O–H groups in total. The second-order valence-corrected chi connectivity index (χ2v) is 5.08. The summed E-state index contributed by atoms with van der Waals surface area (Å²) in [4.78, 5) is 25.9. The van der Waals surface area contributed by atoms with Crippen molar-refractivity contribution < 1.29 is 14.7 Å². The van der Waals surface area contributed by atoms with Gasteiger partial charge in [-0.05, 0) is 12.8 Å². The third-order valence-electron chi connectivity index (χ3n) is 2.51. The van der Waals surface area contributed by atoms with Crippen LogP contribution in [-0.2, 0) is 11.3 Å². The summed E-state index contributed by atoms with van der Waals surface area (Å²) < 4.78 is 0. The van der Waals surface area contributed by atoms with E-state index in [1.807, 2.05) is 0 Å². The Balaban J connectivity index is 1.61. The molecule has 0 unspecified atom stereocenters. The zero-order valence-corrected chi connectivity index (χ0v) is 10.6. The molecule has 0 spiro atoms. The lowest BCUT2D eigenvalue weighted by Crippen LogP contribution is -2.29. The van der Waals surface area contributed by atoms with Crippen LogP contribution in [0.25, 0.3) is 0 Å². The second-order valence-electron chi connectivity index (χ2n) is 4.22. The normalized spacial score (nSPS) is 14.4. The minimum absolute atomic E-state index is 0.0644. The Morgan fingerprint density at radius 2 is 2.28 bits per heavy atom. The molecule has 0 radical (unpaired) electrons. The minimum atomic E-state index is -1.00. The largest absolute Gasteiger partial charge is 0.476 e. The molecular weight excluding hydrogens is 254 g/mol. The van der Waals surface area contributed by atoms with Crippen molar-refractivity contribution in [1.82, 2.24) is 15.6 Å². The van der Waals surface area contributed by atoms with Crippen LogP contribution in [0.1, 0.15) is 34.8 Å². The van der Waals surface area contributed by atoms with Crippen molar-refractivity contribution in [3.05, 3.63) is 16.1 Å². The smallest absolute Gasteiger partial charge is 0.365 e. The first kappa shape index (κ1) is 13.0. The van der Waals surface area contributed by atoms with Crippen LogP contribution >= 0.6 is 11.3 Å². The highest BCUT2D eigenvalue weighted by molar-refractivity contribution is 7.11. The van der Waals surface area contributed by atoms with E-state index in [0.29, 0.717) is 31.2 Å². The maximum Gasteiger partial charge on any atom is 0.365 e. The molecule has 1 heterocycles. The fourth-order valence-corrected chi connectivity index (χ4v) is 2.09. The van der Waals surface area contributed by atoms with Crippen molar-refractivity contribution in [2.24, 2.45) is 0 Å². The highest BCUT2D eigenvalue weighted by Gasteiger charge is 2.22. The summed E-state index contributed by atoms with van der Waals surface area (Å²) >= 11 is 1.11. The molecule has 2 rings (SSSR count). The number of hydrogen-bond donors (Lipinski definition) is 3. The average Bonchev–Trinajstić information content (AvgIpc) is 2.99. The number of amides is 1. The van der Waals surface area contributed by atoms with Crippen molar-refractivity contribution in [1.29, 1.82) is 0 Å². The number of nitrogens with zero attached hydrogens (tertiary/aromatic N) is 1. The fourth-order valence-electron chi connectivity index (χ4n) is 1.43.